The van der Waals surface area contributed by atoms with Crippen molar-refractivity contribution in [1.82, 2.24) is 9.88 Å². The van der Waals surface area contributed by atoms with Crippen LogP contribution in [0, 0.1) is 6.92 Å². The second-order valence-electron chi connectivity index (χ2n) is 7.91. The minimum atomic E-state index is -0.206. The fourth-order valence-electron chi connectivity index (χ4n) is 3.91. The third-order valence-electron chi connectivity index (χ3n) is 5.64. The Kier molecular flexibility index (Phi) is 5.98. The van der Waals surface area contributed by atoms with Crippen molar-refractivity contribution < 1.29 is 9.59 Å². The Morgan fingerprint density at radius 1 is 1.00 bits per heavy atom. The largest absolute Gasteiger partial charge is 0.349 e. The molecular weight excluding hydrogens is 390 g/mol. The van der Waals surface area contributed by atoms with Gasteiger partial charge in [-0.25, -0.2) is 0 Å². The molecule has 2 N–H and O–H groups in total. The molecule has 4 rings (SSSR count). The second-order valence-corrected chi connectivity index (χ2v) is 7.91. The molecule has 6 heteroatoms. The van der Waals surface area contributed by atoms with Crippen molar-refractivity contribution in [1.29, 1.82) is 0 Å². The predicted molar refractivity (Wildman–Crippen MR) is 120 cm³/mol. The number of hydrogen-bond donors (Lipinski definition) is 2. The Hall–Kier alpha value is -3.67. The predicted octanol–water partition coefficient (Wildman–Crippen LogP) is 3.08. The number of aromatic nitrogens is 1. The van der Waals surface area contributed by atoms with Gasteiger partial charge < -0.3 is 15.2 Å². The zero-order valence-corrected chi connectivity index (χ0v) is 17.4. The third-order valence-corrected chi connectivity index (χ3v) is 5.64. The first-order valence-corrected chi connectivity index (χ1v) is 10.4. The van der Waals surface area contributed by atoms with Crippen LogP contribution in [0.5, 0.6) is 0 Å². The molecule has 6 nitrogen and oxygen atoms in total. The molecule has 1 aliphatic rings. The van der Waals surface area contributed by atoms with E-state index >= 15 is 0 Å². The average Bonchev–Trinajstić information content (AvgIpc) is 3.17. The molecule has 2 aromatic carbocycles. The van der Waals surface area contributed by atoms with Crippen LogP contribution in [0.4, 0.5) is 5.69 Å². The highest BCUT2D eigenvalue weighted by Gasteiger charge is 2.23. The number of fused-ring (bicyclic) bond motifs is 1. The van der Waals surface area contributed by atoms with Crippen molar-refractivity contribution in [2.45, 2.75) is 38.8 Å². The van der Waals surface area contributed by atoms with Crippen LogP contribution in [-0.2, 0) is 24.2 Å². The normalized spacial score (nSPS) is 12.9. The van der Waals surface area contributed by atoms with Crippen LogP contribution in [0.1, 0.15) is 33.5 Å². The summed E-state index contributed by atoms with van der Waals surface area (Å²) in [6.07, 6.45) is 3.49. The van der Waals surface area contributed by atoms with E-state index in [-0.39, 0.29) is 29.8 Å². The summed E-state index contributed by atoms with van der Waals surface area (Å²) < 4.78 is 1.50. The van der Waals surface area contributed by atoms with Crippen molar-refractivity contribution >= 4 is 17.5 Å². The number of amides is 2. The maximum absolute atomic E-state index is 12.8. The smallest absolute Gasteiger partial charge is 0.251 e. The standard InChI is InChI=1S/C25H25N3O3/c1-17-9-10-20(25(31)26-21-14-18-6-2-3-7-19(18)15-21)16-22(17)27-23(29)11-13-28-12-5-4-8-24(28)30/h2-10,12,16,21H,11,13-15H2,1H3,(H,26,31)(H,27,29). The van der Waals surface area contributed by atoms with Gasteiger partial charge in [0.1, 0.15) is 0 Å². The van der Waals surface area contributed by atoms with E-state index < -0.39 is 0 Å². The molecule has 1 aliphatic carbocycles. The number of nitrogens with one attached hydrogen (secondary N) is 2. The van der Waals surface area contributed by atoms with E-state index in [9.17, 15) is 14.4 Å². The Bertz CT molecular complexity index is 1160. The fourth-order valence-corrected chi connectivity index (χ4v) is 3.91. The van der Waals surface area contributed by atoms with Crippen molar-refractivity contribution in [2.75, 3.05) is 5.32 Å². The van der Waals surface area contributed by atoms with Crippen LogP contribution in [0.25, 0.3) is 0 Å². The van der Waals surface area contributed by atoms with Gasteiger partial charge in [-0.15, -0.1) is 0 Å². The zero-order chi connectivity index (χ0) is 21.8. The molecule has 0 saturated heterocycles. The van der Waals surface area contributed by atoms with Gasteiger partial charge in [0.15, 0.2) is 0 Å². The molecule has 158 valence electrons. The monoisotopic (exact) mass is 415 g/mol. The molecule has 1 heterocycles. The fraction of sp³-hybridized carbons (Fsp3) is 0.240. The molecule has 0 unspecified atom stereocenters. The Morgan fingerprint density at radius 3 is 2.42 bits per heavy atom. The van der Waals surface area contributed by atoms with E-state index in [2.05, 4.69) is 22.8 Å². The summed E-state index contributed by atoms with van der Waals surface area (Å²) in [6, 6.07) is 18.5. The van der Waals surface area contributed by atoms with Gasteiger partial charge in [-0.3, -0.25) is 14.4 Å². The lowest BCUT2D eigenvalue weighted by molar-refractivity contribution is -0.116. The lowest BCUT2D eigenvalue weighted by atomic mass is 10.1. The van der Waals surface area contributed by atoms with Gasteiger partial charge >= 0.3 is 0 Å². The molecule has 0 fully saturated rings. The molecular formula is C25H25N3O3. The van der Waals surface area contributed by atoms with E-state index in [1.165, 1.54) is 21.8 Å². The van der Waals surface area contributed by atoms with Crippen molar-refractivity contribution in [2.24, 2.45) is 0 Å². The van der Waals surface area contributed by atoms with Crippen molar-refractivity contribution in [3.63, 3.8) is 0 Å². The first-order valence-electron chi connectivity index (χ1n) is 10.4. The molecule has 0 saturated carbocycles. The number of benzene rings is 2. The van der Waals surface area contributed by atoms with Crippen LogP contribution in [0.2, 0.25) is 0 Å². The number of aryl methyl sites for hydroxylation is 2. The highest BCUT2D eigenvalue weighted by Crippen LogP contribution is 2.23. The van der Waals surface area contributed by atoms with Crippen LogP contribution < -0.4 is 16.2 Å². The minimum absolute atomic E-state index is 0.0772. The molecule has 31 heavy (non-hydrogen) atoms. The van der Waals surface area contributed by atoms with Gasteiger partial charge in [0.05, 0.1) is 0 Å². The third kappa shape index (κ3) is 4.91. The lowest BCUT2D eigenvalue weighted by Gasteiger charge is -2.14. The first-order chi connectivity index (χ1) is 15.0. The Morgan fingerprint density at radius 2 is 1.71 bits per heavy atom. The van der Waals surface area contributed by atoms with Crippen LogP contribution in [-0.4, -0.2) is 22.4 Å². The number of carbonyl (C=O) groups is 2. The van der Waals surface area contributed by atoms with Gasteiger partial charge in [-0.2, -0.15) is 0 Å². The summed E-state index contributed by atoms with van der Waals surface area (Å²) in [5, 5.41) is 5.97. The molecule has 3 aromatic rings. The van der Waals surface area contributed by atoms with Gasteiger partial charge in [0.25, 0.3) is 11.5 Å². The molecule has 1 aromatic heterocycles. The van der Waals surface area contributed by atoms with Gasteiger partial charge in [0, 0.05) is 42.5 Å². The lowest BCUT2D eigenvalue weighted by Crippen LogP contribution is -2.35. The number of rotatable bonds is 6. The van der Waals surface area contributed by atoms with Gasteiger partial charge in [-0.1, -0.05) is 36.4 Å². The minimum Gasteiger partial charge on any atom is -0.349 e. The summed E-state index contributed by atoms with van der Waals surface area (Å²) in [7, 11) is 0. The van der Waals surface area contributed by atoms with E-state index in [0.29, 0.717) is 17.8 Å². The van der Waals surface area contributed by atoms with E-state index in [4.69, 9.17) is 0 Å². The number of pyridine rings is 1. The van der Waals surface area contributed by atoms with Crippen LogP contribution in [0.3, 0.4) is 0 Å². The van der Waals surface area contributed by atoms with Crippen LogP contribution >= 0.6 is 0 Å². The highest BCUT2D eigenvalue weighted by molar-refractivity contribution is 5.98. The van der Waals surface area contributed by atoms with Gasteiger partial charge in [-0.05, 0) is 54.7 Å². The molecule has 0 bridgehead atoms. The second kappa shape index (κ2) is 9.00. The van der Waals surface area contributed by atoms with Crippen molar-refractivity contribution in [3.05, 3.63) is 99.5 Å². The molecule has 0 radical (unpaired) electrons. The van der Waals surface area contributed by atoms with Crippen LogP contribution in [0.15, 0.2) is 71.7 Å². The van der Waals surface area contributed by atoms with Gasteiger partial charge in [0.2, 0.25) is 5.91 Å². The average molecular weight is 415 g/mol. The number of carbonyl (C=O) groups excluding carboxylic acids is 2. The SMILES string of the molecule is Cc1ccc(C(=O)NC2Cc3ccccc3C2)cc1NC(=O)CCn1ccccc1=O. The summed E-state index contributed by atoms with van der Waals surface area (Å²) in [4.78, 5) is 37.0. The molecule has 0 atom stereocenters. The maximum Gasteiger partial charge on any atom is 0.251 e. The summed E-state index contributed by atoms with van der Waals surface area (Å²) in [6.45, 7) is 2.18. The Balaban J connectivity index is 1.37. The first kappa shape index (κ1) is 20.6. The van der Waals surface area contributed by atoms with E-state index in [0.717, 1.165) is 18.4 Å². The topological polar surface area (TPSA) is 80.2 Å². The number of hydrogen-bond acceptors (Lipinski definition) is 3. The molecule has 2 amide bonds. The van der Waals surface area contributed by atoms with E-state index in [1.54, 1.807) is 30.5 Å². The van der Waals surface area contributed by atoms with E-state index in [1.807, 2.05) is 25.1 Å². The molecule has 0 aliphatic heterocycles. The summed E-state index contributed by atoms with van der Waals surface area (Å²) in [5.41, 5.74) is 4.41. The summed E-state index contributed by atoms with van der Waals surface area (Å²) in [5.74, 6) is -0.355. The summed E-state index contributed by atoms with van der Waals surface area (Å²) >= 11 is 0. The number of nitrogens with zero attached hydrogens (tertiary/aromatic N) is 1. The van der Waals surface area contributed by atoms with Crippen molar-refractivity contribution in [3.8, 4) is 0 Å². The Labute approximate surface area is 180 Å². The molecule has 0 spiro atoms. The zero-order valence-electron chi connectivity index (χ0n) is 17.4. The number of anilines is 1. The quantitative estimate of drug-likeness (QED) is 0.649. The maximum atomic E-state index is 12.8. The highest BCUT2D eigenvalue weighted by atomic mass is 16.2.